The van der Waals surface area contributed by atoms with Crippen molar-refractivity contribution in [2.75, 3.05) is 13.2 Å². The minimum atomic E-state index is -0.523. The van der Waals surface area contributed by atoms with Crippen LogP contribution in [0, 0.1) is 5.82 Å². The Morgan fingerprint density at radius 1 is 1.30 bits per heavy atom. The number of fused-ring (bicyclic) bond motifs is 1. The summed E-state index contributed by atoms with van der Waals surface area (Å²) >= 11 is 0. The minimum absolute atomic E-state index is 0.00353. The van der Waals surface area contributed by atoms with Gasteiger partial charge in [0.05, 0.1) is 19.3 Å². The smallest absolute Gasteiger partial charge is 0.298 e. The van der Waals surface area contributed by atoms with Crippen LogP contribution in [0.15, 0.2) is 6.07 Å². The lowest BCUT2D eigenvalue weighted by Gasteiger charge is -2.29. The number of amides is 1. The summed E-state index contributed by atoms with van der Waals surface area (Å²) in [4.78, 5) is 19.7. The zero-order valence-electron chi connectivity index (χ0n) is 18.1. The van der Waals surface area contributed by atoms with Crippen molar-refractivity contribution < 1.29 is 23.4 Å². The lowest BCUT2D eigenvalue weighted by atomic mass is 9.95. The van der Waals surface area contributed by atoms with Gasteiger partial charge in [0.1, 0.15) is 11.6 Å². The predicted octanol–water partition coefficient (Wildman–Crippen LogP) is 3.13. The van der Waals surface area contributed by atoms with Crippen LogP contribution >= 0.6 is 0 Å². The summed E-state index contributed by atoms with van der Waals surface area (Å²) in [5.74, 6) is -0.589. The van der Waals surface area contributed by atoms with Crippen molar-refractivity contribution in [2.45, 2.75) is 71.1 Å². The van der Waals surface area contributed by atoms with Crippen LogP contribution in [0.5, 0.6) is 11.9 Å². The molecule has 0 spiro atoms. The average molecular weight is 423 g/mol. The quantitative estimate of drug-likeness (QED) is 0.668. The third-order valence-corrected chi connectivity index (χ3v) is 5.09. The van der Waals surface area contributed by atoms with Crippen molar-refractivity contribution in [1.82, 2.24) is 19.9 Å². The average Bonchev–Trinajstić information content (AvgIpc) is 3.00. The highest BCUT2D eigenvalue weighted by Crippen LogP contribution is 2.28. The number of rotatable bonds is 9. The molecular weight excluding hydrogens is 391 g/mol. The first kappa shape index (κ1) is 22.3. The second-order valence-electron chi connectivity index (χ2n) is 7.87. The van der Waals surface area contributed by atoms with E-state index in [-0.39, 0.29) is 30.0 Å². The number of carbonyl (C=O) groups is 1. The second kappa shape index (κ2) is 10.1. The summed E-state index contributed by atoms with van der Waals surface area (Å²) in [6.07, 6.45) is 4.03. The fraction of sp³-hybridized carbons (Fsp3) is 0.667. The Hall–Kier alpha value is -2.42. The van der Waals surface area contributed by atoms with E-state index in [1.807, 2.05) is 13.8 Å². The van der Waals surface area contributed by atoms with E-state index in [0.717, 1.165) is 32.1 Å². The predicted molar refractivity (Wildman–Crippen MR) is 110 cm³/mol. The summed E-state index contributed by atoms with van der Waals surface area (Å²) in [5, 5.41) is 2.81. The van der Waals surface area contributed by atoms with Gasteiger partial charge in [-0.25, -0.2) is 4.39 Å². The number of nitrogens with one attached hydrogen (secondary N) is 1. The van der Waals surface area contributed by atoms with E-state index in [1.54, 1.807) is 11.6 Å². The van der Waals surface area contributed by atoms with E-state index in [0.29, 0.717) is 30.4 Å². The first-order valence-corrected chi connectivity index (χ1v) is 10.6. The molecule has 3 rings (SSSR count). The molecule has 0 bridgehead atoms. The monoisotopic (exact) mass is 422 g/mol. The van der Waals surface area contributed by atoms with Gasteiger partial charge in [-0.3, -0.25) is 9.36 Å². The highest BCUT2D eigenvalue weighted by Gasteiger charge is 2.25. The lowest BCUT2D eigenvalue weighted by molar-refractivity contribution is -0.120. The fourth-order valence-electron chi connectivity index (χ4n) is 3.60. The summed E-state index contributed by atoms with van der Waals surface area (Å²) in [7, 11) is 1.79. The number of nitrogens with zero attached hydrogens (tertiary/aromatic N) is 3. The van der Waals surface area contributed by atoms with Crippen LogP contribution in [-0.2, 0) is 16.6 Å². The number of imidazole rings is 1. The zero-order chi connectivity index (χ0) is 21.7. The molecule has 1 fully saturated rings. The normalized spacial score (nSPS) is 20.2. The summed E-state index contributed by atoms with van der Waals surface area (Å²) < 4.78 is 33.6. The van der Waals surface area contributed by atoms with E-state index >= 15 is 0 Å². The van der Waals surface area contributed by atoms with Crippen molar-refractivity contribution in [3.63, 3.8) is 0 Å². The van der Waals surface area contributed by atoms with Crippen LogP contribution in [-0.4, -0.2) is 51.9 Å². The number of aryl methyl sites for hydroxylation is 1. The van der Waals surface area contributed by atoms with Crippen LogP contribution < -0.4 is 14.8 Å². The Balaban J connectivity index is 1.56. The summed E-state index contributed by atoms with van der Waals surface area (Å²) in [5.41, 5.74) is 0.973. The molecule has 0 unspecified atom stereocenters. The summed E-state index contributed by atoms with van der Waals surface area (Å²) in [6, 6.07) is 1.74. The van der Waals surface area contributed by atoms with Crippen LogP contribution in [0.2, 0.25) is 0 Å². The largest absolute Gasteiger partial charge is 0.472 e. The Labute approximate surface area is 176 Å². The number of ether oxygens (including phenoxy) is 3. The van der Waals surface area contributed by atoms with Gasteiger partial charge in [0.15, 0.2) is 11.5 Å². The molecule has 2 aromatic heterocycles. The maximum absolute atomic E-state index is 14.5. The number of hydrogen-bond donors (Lipinski definition) is 1. The van der Waals surface area contributed by atoms with Crippen LogP contribution in [0.25, 0.3) is 11.2 Å². The molecule has 9 heteroatoms. The molecule has 8 nitrogen and oxygen atoms in total. The van der Waals surface area contributed by atoms with E-state index in [9.17, 15) is 9.18 Å². The first-order valence-electron chi connectivity index (χ1n) is 10.6. The van der Waals surface area contributed by atoms with Crippen molar-refractivity contribution in [3.05, 3.63) is 11.9 Å². The summed E-state index contributed by atoms with van der Waals surface area (Å²) in [6.45, 7) is 6.44. The van der Waals surface area contributed by atoms with Crippen molar-refractivity contribution in [3.8, 4) is 11.9 Å². The van der Waals surface area contributed by atoms with Gasteiger partial charge >= 0.3 is 0 Å². The molecule has 1 atom stereocenters. The molecule has 1 N–H and O–H groups in total. The maximum atomic E-state index is 14.5. The second-order valence-corrected chi connectivity index (χ2v) is 7.87. The molecule has 0 radical (unpaired) electrons. The number of pyridine rings is 1. The van der Waals surface area contributed by atoms with Crippen molar-refractivity contribution >= 4 is 17.1 Å². The molecule has 1 saturated carbocycles. The molecule has 0 aromatic carbocycles. The third-order valence-electron chi connectivity index (χ3n) is 5.09. The molecular formula is C21H31FN4O4. The number of halogens is 1. The van der Waals surface area contributed by atoms with Crippen molar-refractivity contribution in [1.29, 1.82) is 0 Å². The highest BCUT2D eigenvalue weighted by atomic mass is 19.1. The van der Waals surface area contributed by atoms with Gasteiger partial charge < -0.3 is 19.5 Å². The molecule has 2 heterocycles. The van der Waals surface area contributed by atoms with Gasteiger partial charge in [0, 0.05) is 26.1 Å². The molecule has 1 amide bonds. The fourth-order valence-corrected chi connectivity index (χ4v) is 3.60. The highest BCUT2D eigenvalue weighted by molar-refractivity contribution is 5.73. The van der Waals surface area contributed by atoms with Gasteiger partial charge in [-0.15, -0.1) is 0 Å². The Morgan fingerprint density at radius 2 is 2.00 bits per heavy atom. The van der Waals surface area contributed by atoms with E-state index in [1.165, 1.54) is 13.0 Å². The van der Waals surface area contributed by atoms with Gasteiger partial charge in [-0.05, 0) is 39.0 Å². The molecule has 166 valence electrons. The maximum Gasteiger partial charge on any atom is 0.298 e. The van der Waals surface area contributed by atoms with Gasteiger partial charge in [-0.1, -0.05) is 6.92 Å². The SMILES string of the molecule is CCCOc1nc2cc(F)c(OC3CCC(OC[C@H](C)NC(C)=O)CC3)nc2n1C. The standard InChI is InChI=1S/C21H31FN4O4/c1-5-10-28-21-24-18-11-17(22)20(25-19(18)26(21)4)30-16-8-6-15(7-9-16)29-12-13(2)23-14(3)27/h11,13,15-16H,5-10,12H2,1-4H3,(H,23,27)/t13-,15?,16?/m0/s1. The van der Waals surface area contributed by atoms with Gasteiger partial charge in [0.25, 0.3) is 11.9 Å². The van der Waals surface area contributed by atoms with Crippen LogP contribution in [0.4, 0.5) is 4.39 Å². The van der Waals surface area contributed by atoms with Gasteiger partial charge in [-0.2, -0.15) is 9.97 Å². The molecule has 1 aliphatic carbocycles. The van der Waals surface area contributed by atoms with E-state index < -0.39 is 5.82 Å². The topological polar surface area (TPSA) is 87.5 Å². The molecule has 0 saturated heterocycles. The van der Waals surface area contributed by atoms with E-state index in [4.69, 9.17) is 14.2 Å². The van der Waals surface area contributed by atoms with Gasteiger partial charge in [0.2, 0.25) is 5.91 Å². The number of carbonyl (C=O) groups excluding carboxylic acids is 1. The van der Waals surface area contributed by atoms with E-state index in [2.05, 4.69) is 15.3 Å². The molecule has 1 aliphatic rings. The molecule has 2 aromatic rings. The number of hydrogen-bond acceptors (Lipinski definition) is 6. The molecule has 30 heavy (non-hydrogen) atoms. The zero-order valence-corrected chi connectivity index (χ0v) is 18.1. The van der Waals surface area contributed by atoms with Crippen molar-refractivity contribution in [2.24, 2.45) is 7.05 Å². The number of aromatic nitrogens is 3. The third kappa shape index (κ3) is 5.59. The Morgan fingerprint density at radius 3 is 2.67 bits per heavy atom. The Kier molecular flexibility index (Phi) is 7.47. The first-order chi connectivity index (χ1) is 14.4. The Bertz CT molecular complexity index is 864. The minimum Gasteiger partial charge on any atom is -0.472 e. The van der Waals surface area contributed by atoms with Crippen LogP contribution in [0.3, 0.4) is 0 Å². The lowest BCUT2D eigenvalue weighted by Crippen LogP contribution is -2.37. The van der Waals surface area contributed by atoms with Crippen LogP contribution in [0.1, 0.15) is 52.9 Å². The molecule has 0 aliphatic heterocycles.